The van der Waals surface area contributed by atoms with E-state index in [0.29, 0.717) is 29.4 Å². The highest BCUT2D eigenvalue weighted by Gasteiger charge is 2.50. The Morgan fingerprint density at radius 1 is 1.16 bits per heavy atom. The normalized spacial score (nSPS) is 21.1. The van der Waals surface area contributed by atoms with Crippen LogP contribution < -0.4 is 19.7 Å². The summed E-state index contributed by atoms with van der Waals surface area (Å²) >= 11 is 1.58. The summed E-state index contributed by atoms with van der Waals surface area (Å²) in [6.07, 6.45) is 4.19. The summed E-state index contributed by atoms with van der Waals surface area (Å²) in [7, 11) is 3.14. The molecule has 1 fully saturated rings. The van der Waals surface area contributed by atoms with Gasteiger partial charge in [0.25, 0.3) is 5.91 Å². The van der Waals surface area contributed by atoms with Gasteiger partial charge in [-0.05, 0) is 49.4 Å². The van der Waals surface area contributed by atoms with E-state index in [9.17, 15) is 9.59 Å². The van der Waals surface area contributed by atoms with Gasteiger partial charge in [0.1, 0.15) is 27.6 Å². The number of benzene rings is 1. The van der Waals surface area contributed by atoms with Crippen molar-refractivity contribution in [2.45, 2.75) is 50.7 Å². The first-order valence-corrected chi connectivity index (χ1v) is 11.8. The van der Waals surface area contributed by atoms with E-state index in [1.54, 1.807) is 48.7 Å². The molecule has 1 aromatic carbocycles. The molecule has 1 aliphatic heterocycles. The molecule has 32 heavy (non-hydrogen) atoms. The van der Waals surface area contributed by atoms with Crippen LogP contribution >= 0.6 is 11.3 Å². The van der Waals surface area contributed by atoms with Crippen LogP contribution in [0.4, 0.5) is 5.69 Å². The topological polar surface area (TPSA) is 72.8 Å². The molecule has 5 rings (SSSR count). The highest BCUT2D eigenvalue weighted by Crippen LogP contribution is 2.42. The van der Waals surface area contributed by atoms with Gasteiger partial charge in [-0.2, -0.15) is 0 Å². The molecule has 1 atom stereocenters. The second kappa shape index (κ2) is 7.85. The number of carbonyl (C=O) groups excluding carboxylic acids is 2. The number of fused-ring (bicyclic) bond motifs is 3. The average Bonchev–Trinajstić information content (AvgIpc) is 3.53. The molecule has 2 aromatic heterocycles. The van der Waals surface area contributed by atoms with E-state index in [1.807, 2.05) is 29.0 Å². The van der Waals surface area contributed by atoms with Gasteiger partial charge in [0.15, 0.2) is 0 Å². The molecule has 3 heterocycles. The van der Waals surface area contributed by atoms with E-state index in [4.69, 9.17) is 9.47 Å². The molecule has 2 aliphatic rings. The van der Waals surface area contributed by atoms with Gasteiger partial charge in [0, 0.05) is 17.5 Å². The molecule has 168 valence electrons. The first-order valence-electron chi connectivity index (χ1n) is 10.9. The molecule has 0 radical (unpaired) electrons. The summed E-state index contributed by atoms with van der Waals surface area (Å²) in [6.45, 7) is 2.22. The fourth-order valence-electron chi connectivity index (χ4n) is 4.96. The Kier molecular flexibility index (Phi) is 5.12. The minimum atomic E-state index is -1.12. The second-order valence-corrected chi connectivity index (χ2v) is 9.60. The molecule has 1 saturated carbocycles. The summed E-state index contributed by atoms with van der Waals surface area (Å²) in [5.41, 5.74) is 0.0128. The zero-order valence-corrected chi connectivity index (χ0v) is 19.3. The molecule has 8 heteroatoms. The first-order chi connectivity index (χ1) is 15.5. The third-order valence-corrected chi connectivity index (χ3v) is 7.64. The molecule has 1 aliphatic carbocycles. The number of hydrogen-bond acceptors (Lipinski definition) is 5. The minimum absolute atomic E-state index is 0.139. The van der Waals surface area contributed by atoms with Crippen LogP contribution in [0.3, 0.4) is 0 Å². The van der Waals surface area contributed by atoms with Crippen LogP contribution in [0.15, 0.2) is 35.7 Å². The second-order valence-electron chi connectivity index (χ2n) is 8.70. The van der Waals surface area contributed by atoms with E-state index >= 15 is 0 Å². The zero-order valence-electron chi connectivity index (χ0n) is 18.5. The lowest BCUT2D eigenvalue weighted by Crippen LogP contribution is -2.65. The lowest BCUT2D eigenvalue weighted by Gasteiger charge is -2.44. The van der Waals surface area contributed by atoms with Gasteiger partial charge in [-0.3, -0.25) is 14.5 Å². The van der Waals surface area contributed by atoms with Crippen LogP contribution in [-0.2, 0) is 11.3 Å². The quantitative estimate of drug-likeness (QED) is 0.629. The number of aromatic nitrogens is 1. The number of ether oxygens (including phenoxy) is 2. The van der Waals surface area contributed by atoms with Crippen molar-refractivity contribution in [2.24, 2.45) is 0 Å². The third kappa shape index (κ3) is 3.16. The van der Waals surface area contributed by atoms with Gasteiger partial charge >= 0.3 is 0 Å². The molecule has 0 spiro atoms. The first kappa shape index (κ1) is 20.9. The van der Waals surface area contributed by atoms with Gasteiger partial charge in [-0.1, -0.05) is 12.8 Å². The number of hydrogen-bond donors (Lipinski definition) is 1. The number of thiophene rings is 1. The Balaban J connectivity index is 1.65. The summed E-state index contributed by atoms with van der Waals surface area (Å²) in [4.78, 5) is 30.3. The maximum absolute atomic E-state index is 13.9. The van der Waals surface area contributed by atoms with Crippen LogP contribution in [0.2, 0.25) is 0 Å². The number of anilines is 1. The van der Waals surface area contributed by atoms with Crippen LogP contribution in [-0.4, -0.2) is 42.2 Å². The zero-order chi connectivity index (χ0) is 22.5. The smallest absolute Gasteiger partial charge is 0.276 e. The summed E-state index contributed by atoms with van der Waals surface area (Å²) < 4.78 is 12.9. The highest BCUT2D eigenvalue weighted by molar-refractivity contribution is 7.16. The van der Waals surface area contributed by atoms with Crippen LogP contribution in [0, 0.1) is 0 Å². The van der Waals surface area contributed by atoms with Gasteiger partial charge in [-0.25, -0.2) is 0 Å². The van der Waals surface area contributed by atoms with E-state index in [1.165, 1.54) is 0 Å². The van der Waals surface area contributed by atoms with Crippen molar-refractivity contribution in [3.8, 4) is 11.5 Å². The number of nitrogens with one attached hydrogen (secondary N) is 1. The lowest BCUT2D eigenvalue weighted by atomic mass is 9.93. The fourth-order valence-corrected chi connectivity index (χ4v) is 5.85. The van der Waals surface area contributed by atoms with E-state index in [2.05, 4.69) is 5.32 Å². The van der Waals surface area contributed by atoms with Crippen molar-refractivity contribution in [3.63, 3.8) is 0 Å². The standard InChI is InChI=1S/C24H27N3O4S/c1-24(23(29)25-16-6-4-5-7-16)14-26-19(12-15-10-11-32-22(15)26)21(28)27(24)18-9-8-17(30-2)13-20(18)31-3/h8-13,16H,4-7,14H2,1-3H3,(H,25,29)/t24-/m1/s1. The van der Waals surface area contributed by atoms with Crippen molar-refractivity contribution < 1.29 is 19.1 Å². The largest absolute Gasteiger partial charge is 0.497 e. The van der Waals surface area contributed by atoms with E-state index < -0.39 is 5.54 Å². The molecule has 1 N–H and O–H groups in total. The molecule has 0 unspecified atom stereocenters. The summed E-state index contributed by atoms with van der Waals surface area (Å²) in [5, 5.41) is 6.25. The molecule has 0 saturated heterocycles. The van der Waals surface area contributed by atoms with E-state index in [-0.39, 0.29) is 17.9 Å². The van der Waals surface area contributed by atoms with Gasteiger partial charge in [0.2, 0.25) is 5.91 Å². The SMILES string of the molecule is COc1ccc(N2C(=O)c3cc4ccsc4n3C[C@]2(C)C(=O)NC2CCCC2)c(OC)c1. The van der Waals surface area contributed by atoms with Crippen molar-refractivity contribution >= 4 is 39.1 Å². The highest BCUT2D eigenvalue weighted by atomic mass is 32.1. The maximum Gasteiger partial charge on any atom is 0.276 e. The maximum atomic E-state index is 13.9. The van der Waals surface area contributed by atoms with Crippen LogP contribution in [0.1, 0.15) is 43.1 Å². The molecular weight excluding hydrogens is 426 g/mol. The number of rotatable bonds is 5. The van der Waals surface area contributed by atoms with E-state index in [0.717, 1.165) is 35.9 Å². The molecular formula is C24H27N3O4S. The number of methoxy groups -OCH3 is 2. The Bertz CT molecular complexity index is 1190. The Morgan fingerprint density at radius 2 is 1.94 bits per heavy atom. The number of amides is 2. The van der Waals surface area contributed by atoms with Crippen molar-refractivity contribution in [1.82, 2.24) is 9.88 Å². The van der Waals surface area contributed by atoms with Gasteiger partial charge in [-0.15, -0.1) is 11.3 Å². The Labute approximate surface area is 190 Å². The monoisotopic (exact) mass is 453 g/mol. The molecule has 2 amide bonds. The predicted octanol–water partition coefficient (Wildman–Crippen LogP) is 4.20. The van der Waals surface area contributed by atoms with Gasteiger partial charge in [0.05, 0.1) is 26.5 Å². The summed E-state index contributed by atoms with van der Waals surface area (Å²) in [6, 6.07) is 9.38. The van der Waals surface area contributed by atoms with Gasteiger partial charge < -0.3 is 19.4 Å². The minimum Gasteiger partial charge on any atom is -0.497 e. The summed E-state index contributed by atoms with van der Waals surface area (Å²) in [5.74, 6) is 0.752. The Morgan fingerprint density at radius 3 is 2.66 bits per heavy atom. The van der Waals surface area contributed by atoms with Crippen LogP contribution in [0.25, 0.3) is 10.2 Å². The lowest BCUT2D eigenvalue weighted by molar-refractivity contribution is -0.127. The van der Waals surface area contributed by atoms with Crippen molar-refractivity contribution in [2.75, 3.05) is 19.1 Å². The van der Waals surface area contributed by atoms with Crippen molar-refractivity contribution in [3.05, 3.63) is 41.4 Å². The number of carbonyl (C=O) groups is 2. The molecule has 7 nitrogen and oxygen atoms in total. The van der Waals surface area contributed by atoms with Crippen LogP contribution in [0.5, 0.6) is 11.5 Å². The Hall–Kier alpha value is -3.00. The third-order valence-electron chi connectivity index (χ3n) is 6.69. The molecule has 3 aromatic rings. The average molecular weight is 454 g/mol. The predicted molar refractivity (Wildman–Crippen MR) is 125 cm³/mol. The number of nitrogens with zero attached hydrogens (tertiary/aromatic N) is 2. The van der Waals surface area contributed by atoms with Crippen molar-refractivity contribution in [1.29, 1.82) is 0 Å². The molecule has 0 bridgehead atoms. The fraction of sp³-hybridized carbons (Fsp3) is 0.417.